The SMILES string of the molecule is CCc1nn(C)cc1C(=O)Nc1ccc(F)c(C(=O)O)c1. The number of hydrogen-bond acceptors (Lipinski definition) is 3. The summed E-state index contributed by atoms with van der Waals surface area (Å²) in [5, 5.41) is 15.6. The molecular weight excluding hydrogens is 277 g/mol. The minimum atomic E-state index is -1.39. The van der Waals surface area contributed by atoms with Crippen LogP contribution in [0.25, 0.3) is 0 Å². The number of carboxylic acid groups (broad SMARTS) is 1. The first-order valence-corrected chi connectivity index (χ1v) is 6.29. The zero-order chi connectivity index (χ0) is 15.6. The smallest absolute Gasteiger partial charge is 0.338 e. The average molecular weight is 291 g/mol. The lowest BCUT2D eigenvalue weighted by atomic mass is 10.1. The summed E-state index contributed by atoms with van der Waals surface area (Å²) in [5.41, 5.74) is 0.760. The Labute approximate surface area is 120 Å². The van der Waals surface area contributed by atoms with Crippen LogP contribution in [0.15, 0.2) is 24.4 Å². The van der Waals surface area contributed by atoms with Crippen molar-refractivity contribution in [3.8, 4) is 0 Å². The summed E-state index contributed by atoms with van der Waals surface area (Å²) in [6.45, 7) is 1.87. The van der Waals surface area contributed by atoms with E-state index in [9.17, 15) is 14.0 Å². The molecule has 2 rings (SSSR count). The number of rotatable bonds is 4. The molecule has 0 aliphatic rings. The third-order valence-corrected chi connectivity index (χ3v) is 2.94. The summed E-state index contributed by atoms with van der Waals surface area (Å²) < 4.78 is 14.8. The molecule has 0 aliphatic carbocycles. The number of anilines is 1. The number of carbonyl (C=O) groups excluding carboxylic acids is 1. The van der Waals surface area contributed by atoms with Crippen LogP contribution in [0.1, 0.15) is 33.3 Å². The molecule has 0 unspecified atom stereocenters. The monoisotopic (exact) mass is 291 g/mol. The van der Waals surface area contributed by atoms with Crippen LogP contribution in [0, 0.1) is 5.82 Å². The van der Waals surface area contributed by atoms with Gasteiger partial charge in [-0.05, 0) is 24.6 Å². The van der Waals surface area contributed by atoms with E-state index in [1.807, 2.05) is 6.92 Å². The van der Waals surface area contributed by atoms with Crippen molar-refractivity contribution in [3.63, 3.8) is 0 Å². The highest BCUT2D eigenvalue weighted by Gasteiger charge is 2.16. The molecule has 2 N–H and O–H groups in total. The van der Waals surface area contributed by atoms with Crippen LogP contribution < -0.4 is 5.32 Å². The maximum Gasteiger partial charge on any atom is 0.338 e. The molecule has 6 nitrogen and oxygen atoms in total. The largest absolute Gasteiger partial charge is 0.478 e. The van der Waals surface area contributed by atoms with Crippen molar-refractivity contribution in [1.82, 2.24) is 9.78 Å². The highest BCUT2D eigenvalue weighted by molar-refractivity contribution is 6.05. The van der Waals surface area contributed by atoms with E-state index in [0.29, 0.717) is 17.7 Å². The molecular formula is C14H14FN3O3. The fourth-order valence-electron chi connectivity index (χ4n) is 1.95. The van der Waals surface area contributed by atoms with Crippen molar-refractivity contribution in [2.24, 2.45) is 7.05 Å². The van der Waals surface area contributed by atoms with Crippen LogP contribution in [0.4, 0.5) is 10.1 Å². The third kappa shape index (κ3) is 3.07. The Kier molecular flexibility index (Phi) is 4.02. The van der Waals surface area contributed by atoms with Crippen molar-refractivity contribution < 1.29 is 19.1 Å². The molecule has 0 bridgehead atoms. The minimum Gasteiger partial charge on any atom is -0.478 e. The summed E-state index contributed by atoms with van der Waals surface area (Å²) in [5.74, 6) is -2.65. The number of carbonyl (C=O) groups is 2. The topological polar surface area (TPSA) is 84.2 Å². The van der Waals surface area contributed by atoms with Crippen LogP contribution >= 0.6 is 0 Å². The van der Waals surface area contributed by atoms with Crippen molar-refractivity contribution in [3.05, 3.63) is 47.0 Å². The van der Waals surface area contributed by atoms with Gasteiger partial charge in [0, 0.05) is 18.9 Å². The maximum absolute atomic E-state index is 13.3. The van der Waals surface area contributed by atoms with Gasteiger partial charge in [-0.2, -0.15) is 5.10 Å². The molecule has 21 heavy (non-hydrogen) atoms. The van der Waals surface area contributed by atoms with Gasteiger partial charge in [0.25, 0.3) is 5.91 Å². The molecule has 0 saturated heterocycles. The molecule has 0 spiro atoms. The highest BCUT2D eigenvalue weighted by atomic mass is 19.1. The van der Waals surface area contributed by atoms with Gasteiger partial charge in [-0.25, -0.2) is 9.18 Å². The first-order chi connectivity index (χ1) is 9.92. The molecule has 0 saturated carbocycles. The summed E-state index contributed by atoms with van der Waals surface area (Å²) in [6.07, 6.45) is 2.17. The van der Waals surface area contributed by atoms with Gasteiger partial charge in [-0.1, -0.05) is 6.92 Å². The van der Waals surface area contributed by atoms with Gasteiger partial charge in [0.2, 0.25) is 0 Å². The first kappa shape index (κ1) is 14.7. The number of aryl methyl sites for hydroxylation is 2. The van der Waals surface area contributed by atoms with Crippen LogP contribution in [0.3, 0.4) is 0 Å². The lowest BCUT2D eigenvalue weighted by Crippen LogP contribution is -2.14. The Morgan fingerprint density at radius 2 is 2.10 bits per heavy atom. The van der Waals surface area contributed by atoms with Gasteiger partial charge >= 0.3 is 5.97 Å². The third-order valence-electron chi connectivity index (χ3n) is 2.94. The summed E-state index contributed by atoms with van der Waals surface area (Å²) in [6, 6.07) is 3.39. The normalized spacial score (nSPS) is 10.4. The minimum absolute atomic E-state index is 0.213. The Hall–Kier alpha value is -2.70. The lowest BCUT2D eigenvalue weighted by molar-refractivity contribution is 0.0691. The Morgan fingerprint density at radius 1 is 1.38 bits per heavy atom. The van der Waals surface area contributed by atoms with Gasteiger partial charge in [-0.3, -0.25) is 9.48 Å². The number of carboxylic acids is 1. The fourth-order valence-corrected chi connectivity index (χ4v) is 1.95. The summed E-state index contributed by atoms with van der Waals surface area (Å²) in [4.78, 5) is 23.0. The van der Waals surface area contributed by atoms with E-state index in [2.05, 4.69) is 10.4 Å². The maximum atomic E-state index is 13.3. The molecule has 1 heterocycles. The van der Waals surface area contributed by atoms with E-state index >= 15 is 0 Å². The Bertz CT molecular complexity index is 709. The van der Waals surface area contributed by atoms with Crippen LogP contribution in [-0.4, -0.2) is 26.8 Å². The number of amides is 1. The number of halogens is 1. The predicted molar refractivity (Wildman–Crippen MR) is 73.9 cm³/mol. The molecule has 0 radical (unpaired) electrons. The number of hydrogen-bond donors (Lipinski definition) is 2. The molecule has 7 heteroatoms. The van der Waals surface area contributed by atoms with Crippen molar-refractivity contribution in [1.29, 1.82) is 0 Å². The predicted octanol–water partition coefficient (Wildman–Crippen LogP) is 2.07. The van der Waals surface area contributed by atoms with E-state index in [-0.39, 0.29) is 5.69 Å². The Morgan fingerprint density at radius 3 is 2.71 bits per heavy atom. The first-order valence-electron chi connectivity index (χ1n) is 6.29. The van der Waals surface area contributed by atoms with Crippen molar-refractivity contribution in [2.75, 3.05) is 5.32 Å². The highest BCUT2D eigenvalue weighted by Crippen LogP contribution is 2.17. The van der Waals surface area contributed by atoms with E-state index in [1.54, 1.807) is 13.2 Å². The van der Waals surface area contributed by atoms with Gasteiger partial charge in [-0.15, -0.1) is 0 Å². The second-order valence-electron chi connectivity index (χ2n) is 4.47. The summed E-state index contributed by atoms with van der Waals surface area (Å²) in [7, 11) is 1.70. The van der Waals surface area contributed by atoms with Crippen molar-refractivity contribution in [2.45, 2.75) is 13.3 Å². The molecule has 110 valence electrons. The molecule has 1 aromatic carbocycles. The standard InChI is InChI=1S/C14H14FN3O3/c1-3-12-10(7-18(2)17-12)13(19)16-8-4-5-11(15)9(6-8)14(20)21/h4-7H,3H2,1-2H3,(H,16,19)(H,20,21). The van der Waals surface area contributed by atoms with E-state index in [1.165, 1.54) is 10.7 Å². The summed E-state index contributed by atoms with van der Waals surface area (Å²) >= 11 is 0. The van der Waals surface area contributed by atoms with Gasteiger partial charge in [0.05, 0.1) is 16.8 Å². The average Bonchev–Trinajstić information content (AvgIpc) is 2.82. The number of aromatic carboxylic acids is 1. The molecule has 0 atom stereocenters. The lowest BCUT2D eigenvalue weighted by Gasteiger charge is -2.06. The van der Waals surface area contributed by atoms with E-state index in [0.717, 1.165) is 12.1 Å². The van der Waals surface area contributed by atoms with E-state index in [4.69, 9.17) is 5.11 Å². The van der Waals surface area contributed by atoms with Crippen LogP contribution in [-0.2, 0) is 13.5 Å². The quantitative estimate of drug-likeness (QED) is 0.903. The second kappa shape index (κ2) is 5.74. The zero-order valence-electron chi connectivity index (χ0n) is 11.6. The van der Waals surface area contributed by atoms with Crippen LogP contribution in [0.2, 0.25) is 0 Å². The molecule has 1 aromatic heterocycles. The number of nitrogens with zero attached hydrogens (tertiary/aromatic N) is 2. The molecule has 0 aliphatic heterocycles. The van der Waals surface area contributed by atoms with Gasteiger partial charge < -0.3 is 10.4 Å². The van der Waals surface area contributed by atoms with Gasteiger partial charge in [0.15, 0.2) is 0 Å². The van der Waals surface area contributed by atoms with E-state index < -0.39 is 23.3 Å². The second-order valence-corrected chi connectivity index (χ2v) is 4.47. The zero-order valence-corrected chi connectivity index (χ0v) is 11.6. The fraction of sp³-hybridized carbons (Fsp3) is 0.214. The molecule has 0 fully saturated rings. The molecule has 2 aromatic rings. The Balaban J connectivity index is 2.27. The number of aromatic nitrogens is 2. The van der Waals surface area contributed by atoms with Gasteiger partial charge in [0.1, 0.15) is 5.82 Å². The number of nitrogens with one attached hydrogen (secondary N) is 1. The van der Waals surface area contributed by atoms with Crippen molar-refractivity contribution >= 4 is 17.6 Å². The van der Waals surface area contributed by atoms with Crippen LogP contribution in [0.5, 0.6) is 0 Å². The number of benzene rings is 1. The molecule has 1 amide bonds.